The molecule has 3 heterocycles. The minimum atomic E-state index is 0.224. The molecule has 0 spiro atoms. The number of halogens is 1. The fraction of sp³-hybridized carbons (Fsp3) is 0.467. The highest BCUT2D eigenvalue weighted by Crippen LogP contribution is 2.28. The van der Waals surface area contributed by atoms with E-state index in [2.05, 4.69) is 38.1 Å². The van der Waals surface area contributed by atoms with Gasteiger partial charge in [0.2, 0.25) is 11.6 Å². The highest BCUT2D eigenvalue weighted by molar-refractivity contribution is 9.10. The van der Waals surface area contributed by atoms with Crippen LogP contribution in [0.5, 0.6) is 0 Å². The topological polar surface area (TPSA) is 87.5 Å². The number of hydrogen-bond donors (Lipinski definition) is 1. The molecule has 0 radical (unpaired) electrons. The fourth-order valence-corrected chi connectivity index (χ4v) is 2.74. The average molecular weight is 381 g/mol. The van der Waals surface area contributed by atoms with E-state index < -0.39 is 0 Å². The van der Waals surface area contributed by atoms with Gasteiger partial charge in [-0.2, -0.15) is 10.2 Å². The molecular formula is C15H17BrN4O3. The SMILES string of the molecule is C[C@@H](CNc1oc(-c2ccc(Br)o2)nc1C#N)N1CCOCC1. The number of nitriles is 1. The van der Waals surface area contributed by atoms with Crippen molar-refractivity contribution in [1.29, 1.82) is 5.26 Å². The Balaban J connectivity index is 1.67. The minimum absolute atomic E-state index is 0.224. The van der Waals surface area contributed by atoms with E-state index in [0.717, 1.165) is 26.3 Å². The molecule has 1 saturated heterocycles. The summed E-state index contributed by atoms with van der Waals surface area (Å²) in [6.07, 6.45) is 0. The Kier molecular flexibility index (Phi) is 5.00. The van der Waals surface area contributed by atoms with E-state index in [4.69, 9.17) is 13.6 Å². The summed E-state index contributed by atoms with van der Waals surface area (Å²) in [4.78, 5) is 6.50. The molecule has 0 aromatic carbocycles. The standard InChI is InChI=1S/C15H17BrN4O3/c1-10(20-4-6-21-7-5-20)9-18-14-11(8-17)19-15(23-14)12-2-3-13(16)22-12/h2-3,10,18H,4-7,9H2,1H3/t10-/m0/s1. The predicted octanol–water partition coefficient (Wildman–Crippen LogP) is 2.70. The van der Waals surface area contributed by atoms with Crippen molar-refractivity contribution in [1.82, 2.24) is 9.88 Å². The zero-order valence-corrected chi connectivity index (χ0v) is 14.3. The number of rotatable bonds is 5. The smallest absolute Gasteiger partial charge is 0.266 e. The molecule has 1 aliphatic heterocycles. The predicted molar refractivity (Wildman–Crippen MR) is 87.0 cm³/mol. The molecule has 2 aromatic rings. The van der Waals surface area contributed by atoms with E-state index in [-0.39, 0.29) is 11.6 Å². The monoisotopic (exact) mass is 380 g/mol. The van der Waals surface area contributed by atoms with E-state index >= 15 is 0 Å². The number of anilines is 1. The normalized spacial score (nSPS) is 16.9. The molecule has 122 valence electrons. The summed E-state index contributed by atoms with van der Waals surface area (Å²) >= 11 is 3.23. The zero-order chi connectivity index (χ0) is 16.2. The van der Waals surface area contributed by atoms with Gasteiger partial charge in [0.25, 0.3) is 5.89 Å². The van der Waals surface area contributed by atoms with E-state index in [1.807, 2.05) is 6.07 Å². The first kappa shape index (κ1) is 16.1. The van der Waals surface area contributed by atoms with Crippen LogP contribution in [0, 0.1) is 11.3 Å². The van der Waals surface area contributed by atoms with Crippen molar-refractivity contribution in [3.63, 3.8) is 0 Å². The number of morpholine rings is 1. The number of aromatic nitrogens is 1. The van der Waals surface area contributed by atoms with Crippen molar-refractivity contribution < 1.29 is 13.6 Å². The summed E-state index contributed by atoms with van der Waals surface area (Å²) in [5, 5.41) is 12.4. The van der Waals surface area contributed by atoms with Crippen molar-refractivity contribution >= 4 is 21.8 Å². The molecule has 1 aliphatic rings. The molecule has 0 saturated carbocycles. The van der Waals surface area contributed by atoms with Gasteiger partial charge >= 0.3 is 0 Å². The summed E-state index contributed by atoms with van der Waals surface area (Å²) in [5.74, 6) is 1.13. The van der Waals surface area contributed by atoms with Crippen molar-refractivity contribution in [3.8, 4) is 17.7 Å². The number of furan rings is 1. The third kappa shape index (κ3) is 3.75. The molecule has 0 unspecified atom stereocenters. The van der Waals surface area contributed by atoms with Crippen LogP contribution in [0.1, 0.15) is 12.6 Å². The maximum atomic E-state index is 9.22. The van der Waals surface area contributed by atoms with Gasteiger partial charge in [0, 0.05) is 25.7 Å². The minimum Gasteiger partial charge on any atom is -0.444 e. The molecule has 1 atom stereocenters. The maximum Gasteiger partial charge on any atom is 0.266 e. The second-order valence-corrected chi connectivity index (χ2v) is 6.07. The molecular weight excluding hydrogens is 364 g/mol. The van der Waals surface area contributed by atoms with E-state index in [0.29, 0.717) is 28.9 Å². The number of ether oxygens (including phenoxy) is 1. The molecule has 23 heavy (non-hydrogen) atoms. The van der Waals surface area contributed by atoms with Crippen LogP contribution in [-0.4, -0.2) is 48.8 Å². The van der Waals surface area contributed by atoms with Crippen molar-refractivity contribution in [2.45, 2.75) is 13.0 Å². The van der Waals surface area contributed by atoms with Gasteiger partial charge in [-0.05, 0) is 35.0 Å². The first-order valence-corrected chi connectivity index (χ1v) is 8.19. The third-order valence-electron chi connectivity index (χ3n) is 3.74. The highest BCUT2D eigenvalue weighted by atomic mass is 79.9. The third-order valence-corrected chi connectivity index (χ3v) is 4.17. The van der Waals surface area contributed by atoms with Gasteiger partial charge in [0.05, 0.1) is 13.2 Å². The summed E-state index contributed by atoms with van der Waals surface area (Å²) in [7, 11) is 0. The van der Waals surface area contributed by atoms with Crippen LogP contribution in [0.2, 0.25) is 0 Å². The van der Waals surface area contributed by atoms with E-state index in [9.17, 15) is 5.26 Å². The number of nitrogens with zero attached hydrogens (tertiary/aromatic N) is 3. The second kappa shape index (κ2) is 7.17. The van der Waals surface area contributed by atoms with Crippen LogP contribution in [0.15, 0.2) is 25.6 Å². The van der Waals surface area contributed by atoms with Crippen molar-refractivity contribution in [2.75, 3.05) is 38.2 Å². The number of oxazole rings is 1. The van der Waals surface area contributed by atoms with Crippen LogP contribution >= 0.6 is 15.9 Å². The van der Waals surface area contributed by atoms with Gasteiger partial charge < -0.3 is 18.9 Å². The Bertz CT molecular complexity index is 700. The fourth-order valence-electron chi connectivity index (χ4n) is 2.44. The molecule has 3 rings (SSSR count). The van der Waals surface area contributed by atoms with Gasteiger partial charge in [0.1, 0.15) is 6.07 Å². The van der Waals surface area contributed by atoms with Crippen LogP contribution in [0.4, 0.5) is 5.88 Å². The van der Waals surface area contributed by atoms with Crippen molar-refractivity contribution in [2.24, 2.45) is 0 Å². The quantitative estimate of drug-likeness (QED) is 0.852. The van der Waals surface area contributed by atoms with Gasteiger partial charge in [-0.15, -0.1) is 0 Å². The molecule has 2 aromatic heterocycles. The van der Waals surface area contributed by atoms with Crippen LogP contribution in [0.25, 0.3) is 11.7 Å². The lowest BCUT2D eigenvalue weighted by Gasteiger charge is -2.32. The molecule has 0 aliphatic carbocycles. The first-order valence-electron chi connectivity index (χ1n) is 7.39. The lowest BCUT2D eigenvalue weighted by molar-refractivity contribution is 0.0226. The highest BCUT2D eigenvalue weighted by Gasteiger charge is 2.20. The zero-order valence-electron chi connectivity index (χ0n) is 12.7. The Morgan fingerprint density at radius 1 is 1.39 bits per heavy atom. The Hall–Kier alpha value is -1.82. The summed E-state index contributed by atoms with van der Waals surface area (Å²) in [6.45, 7) is 6.13. The summed E-state index contributed by atoms with van der Waals surface area (Å²) < 4.78 is 17.0. The number of nitrogens with one attached hydrogen (secondary N) is 1. The molecule has 8 heteroatoms. The lowest BCUT2D eigenvalue weighted by Crippen LogP contribution is -2.45. The van der Waals surface area contributed by atoms with Crippen LogP contribution in [0.3, 0.4) is 0 Å². The summed E-state index contributed by atoms with van der Waals surface area (Å²) in [6, 6.07) is 5.83. The van der Waals surface area contributed by atoms with Crippen molar-refractivity contribution in [3.05, 3.63) is 22.5 Å². The summed E-state index contributed by atoms with van der Waals surface area (Å²) in [5.41, 5.74) is 0.224. The van der Waals surface area contributed by atoms with Gasteiger partial charge in [-0.25, -0.2) is 0 Å². The molecule has 0 amide bonds. The Morgan fingerprint density at radius 2 is 2.17 bits per heavy atom. The average Bonchev–Trinajstić information content (AvgIpc) is 3.19. The molecule has 7 nitrogen and oxygen atoms in total. The van der Waals surface area contributed by atoms with E-state index in [1.165, 1.54) is 0 Å². The molecule has 0 bridgehead atoms. The second-order valence-electron chi connectivity index (χ2n) is 5.29. The van der Waals surface area contributed by atoms with Gasteiger partial charge in [0.15, 0.2) is 10.4 Å². The molecule has 1 fully saturated rings. The maximum absolute atomic E-state index is 9.22. The largest absolute Gasteiger partial charge is 0.444 e. The molecule has 1 N–H and O–H groups in total. The number of hydrogen-bond acceptors (Lipinski definition) is 7. The van der Waals surface area contributed by atoms with Crippen LogP contribution < -0.4 is 5.32 Å². The van der Waals surface area contributed by atoms with E-state index in [1.54, 1.807) is 12.1 Å². The first-order chi connectivity index (χ1) is 11.2. The van der Waals surface area contributed by atoms with Crippen LogP contribution in [-0.2, 0) is 4.74 Å². The lowest BCUT2D eigenvalue weighted by atomic mass is 10.2. The Morgan fingerprint density at radius 3 is 2.83 bits per heavy atom. The Labute approximate surface area is 142 Å². The van der Waals surface area contributed by atoms with Gasteiger partial charge in [-0.3, -0.25) is 4.90 Å². The van der Waals surface area contributed by atoms with Gasteiger partial charge in [-0.1, -0.05) is 0 Å².